The van der Waals surface area contributed by atoms with Crippen molar-refractivity contribution in [2.75, 3.05) is 5.75 Å². The molecule has 0 aromatic heterocycles. The first-order valence-corrected chi connectivity index (χ1v) is 7.80. The molecule has 0 heterocycles. The van der Waals surface area contributed by atoms with E-state index in [2.05, 4.69) is 4.74 Å². The van der Waals surface area contributed by atoms with E-state index in [1.54, 1.807) is 22.6 Å². The van der Waals surface area contributed by atoms with E-state index in [9.17, 15) is 31.5 Å². The highest BCUT2D eigenvalue weighted by Gasteiger charge is 2.45. The van der Waals surface area contributed by atoms with Crippen LogP contribution in [0.15, 0.2) is 18.2 Å². The van der Waals surface area contributed by atoms with Crippen LogP contribution in [0, 0.1) is 3.57 Å². The number of halogens is 4. The third-order valence-corrected chi connectivity index (χ3v) is 3.55. The molecular weight excluding hydrogens is 432 g/mol. The Balaban J connectivity index is 3.01. The molecule has 0 radical (unpaired) electrons. The molecule has 0 saturated heterocycles. The lowest BCUT2D eigenvalue weighted by Crippen LogP contribution is -2.39. The summed E-state index contributed by atoms with van der Waals surface area (Å²) in [5, 5.41) is 9.46. The van der Waals surface area contributed by atoms with Crippen LogP contribution >= 0.6 is 22.6 Å². The quantitative estimate of drug-likeness (QED) is 0.422. The van der Waals surface area contributed by atoms with Gasteiger partial charge in [0, 0.05) is 3.57 Å². The highest BCUT2D eigenvalue weighted by Crippen LogP contribution is 2.27. The first kappa shape index (κ1) is 18.0. The monoisotopic (exact) mass is 440 g/mol. The fraction of sp³-hybridized carbons (Fsp3) is 0.300. The minimum absolute atomic E-state index is 0.520. The standard InChI is InChI=1S/C10H8F3IO6S/c11-10(12,13)8(4-21(17,18)19)20-9(16)6-2-1-5(14)3-7(6)15/h1-3,8,15H,4H2,(H,17,18,19). The largest absolute Gasteiger partial charge is 0.507 e. The number of aromatic hydroxyl groups is 1. The van der Waals surface area contributed by atoms with E-state index in [-0.39, 0.29) is 0 Å². The molecule has 0 amide bonds. The molecule has 0 spiro atoms. The lowest BCUT2D eigenvalue weighted by Gasteiger charge is -2.19. The fourth-order valence-electron chi connectivity index (χ4n) is 1.26. The van der Waals surface area contributed by atoms with Crippen LogP contribution in [0.25, 0.3) is 0 Å². The Morgan fingerprint density at radius 1 is 1.38 bits per heavy atom. The van der Waals surface area contributed by atoms with Gasteiger partial charge >= 0.3 is 12.1 Å². The van der Waals surface area contributed by atoms with Crippen molar-refractivity contribution in [2.45, 2.75) is 12.3 Å². The molecule has 1 atom stereocenters. The molecule has 0 aliphatic rings. The topological polar surface area (TPSA) is 101 Å². The molecule has 2 N–H and O–H groups in total. The van der Waals surface area contributed by atoms with E-state index in [0.717, 1.165) is 12.1 Å². The van der Waals surface area contributed by atoms with Crippen LogP contribution in [0.5, 0.6) is 5.75 Å². The van der Waals surface area contributed by atoms with Crippen molar-refractivity contribution in [2.24, 2.45) is 0 Å². The smallest absolute Gasteiger partial charge is 0.426 e. The number of phenols is 1. The Hall–Kier alpha value is -1.08. The Kier molecular flexibility index (Phi) is 5.44. The van der Waals surface area contributed by atoms with Crippen LogP contribution in [0.2, 0.25) is 0 Å². The molecule has 1 aromatic rings. The minimum Gasteiger partial charge on any atom is -0.507 e. The van der Waals surface area contributed by atoms with Gasteiger partial charge in [0.25, 0.3) is 10.1 Å². The summed E-state index contributed by atoms with van der Waals surface area (Å²) in [5.41, 5.74) is -0.556. The molecular formula is C10H8F3IO6S. The van der Waals surface area contributed by atoms with Crippen molar-refractivity contribution >= 4 is 38.7 Å². The van der Waals surface area contributed by atoms with Gasteiger partial charge < -0.3 is 9.84 Å². The molecule has 0 saturated carbocycles. The molecule has 0 fully saturated rings. The zero-order chi connectivity index (χ0) is 16.4. The van der Waals surface area contributed by atoms with Crippen molar-refractivity contribution in [3.05, 3.63) is 27.3 Å². The number of alkyl halides is 3. The van der Waals surface area contributed by atoms with Crippen molar-refractivity contribution in [1.82, 2.24) is 0 Å². The molecule has 0 aliphatic heterocycles. The second-order valence-corrected chi connectivity index (χ2v) is 6.59. The van der Waals surface area contributed by atoms with E-state index < -0.39 is 45.4 Å². The highest BCUT2D eigenvalue weighted by atomic mass is 127. The summed E-state index contributed by atoms with van der Waals surface area (Å²) in [6.07, 6.45) is -8.23. The predicted octanol–water partition coefficient (Wildman–Crippen LogP) is 1.97. The summed E-state index contributed by atoms with van der Waals surface area (Å²) in [6.45, 7) is 0. The van der Waals surface area contributed by atoms with Crippen LogP contribution in [0.1, 0.15) is 10.4 Å². The lowest BCUT2D eigenvalue weighted by atomic mass is 10.2. The Morgan fingerprint density at radius 3 is 2.38 bits per heavy atom. The van der Waals surface area contributed by atoms with E-state index in [1.165, 1.54) is 6.07 Å². The zero-order valence-electron chi connectivity index (χ0n) is 9.96. The van der Waals surface area contributed by atoms with Gasteiger partial charge in [-0.15, -0.1) is 0 Å². The molecule has 0 bridgehead atoms. The summed E-state index contributed by atoms with van der Waals surface area (Å²) in [7, 11) is -5.01. The van der Waals surface area contributed by atoms with Gasteiger partial charge in [-0.3, -0.25) is 4.55 Å². The van der Waals surface area contributed by atoms with Crippen LogP contribution in [0.3, 0.4) is 0 Å². The van der Waals surface area contributed by atoms with Gasteiger partial charge in [-0.2, -0.15) is 21.6 Å². The molecule has 118 valence electrons. The number of phenolic OH excluding ortho intramolecular Hbond substituents is 1. The molecule has 6 nitrogen and oxygen atoms in total. The predicted molar refractivity (Wildman–Crippen MR) is 72.5 cm³/mol. The number of carbonyl (C=O) groups excluding carboxylic acids is 1. The summed E-state index contributed by atoms with van der Waals surface area (Å²) >= 11 is 1.80. The average Bonchev–Trinajstić information content (AvgIpc) is 2.24. The second-order valence-electron chi connectivity index (χ2n) is 3.85. The van der Waals surface area contributed by atoms with E-state index in [4.69, 9.17) is 4.55 Å². The van der Waals surface area contributed by atoms with Crippen LogP contribution in [0.4, 0.5) is 13.2 Å². The Bertz CT molecular complexity index is 643. The molecule has 1 aromatic carbocycles. The van der Waals surface area contributed by atoms with E-state index in [0.29, 0.717) is 3.57 Å². The van der Waals surface area contributed by atoms with Crippen LogP contribution in [-0.2, 0) is 14.9 Å². The summed E-state index contributed by atoms with van der Waals surface area (Å²) < 4.78 is 71.8. The SMILES string of the molecule is O=C(OC(CS(=O)(=O)O)C(F)(F)F)c1ccc(I)cc1O. The van der Waals surface area contributed by atoms with Gasteiger partial charge in [0.1, 0.15) is 17.1 Å². The normalized spacial score (nSPS) is 13.8. The van der Waals surface area contributed by atoms with Crippen molar-refractivity contribution in [3.8, 4) is 5.75 Å². The maximum atomic E-state index is 12.6. The maximum Gasteiger partial charge on any atom is 0.426 e. The van der Waals surface area contributed by atoms with Crippen molar-refractivity contribution in [1.29, 1.82) is 0 Å². The van der Waals surface area contributed by atoms with Crippen molar-refractivity contribution < 1.29 is 40.8 Å². The minimum atomic E-state index is -5.19. The van der Waals surface area contributed by atoms with Gasteiger partial charge in [0.15, 0.2) is 0 Å². The van der Waals surface area contributed by atoms with Crippen molar-refractivity contribution in [3.63, 3.8) is 0 Å². The molecule has 1 unspecified atom stereocenters. The molecule has 11 heteroatoms. The first-order chi connectivity index (χ1) is 9.40. The van der Waals surface area contributed by atoms with Gasteiger partial charge in [-0.25, -0.2) is 4.79 Å². The number of hydrogen-bond acceptors (Lipinski definition) is 5. The Morgan fingerprint density at radius 2 is 1.95 bits per heavy atom. The molecule has 21 heavy (non-hydrogen) atoms. The average molecular weight is 440 g/mol. The highest BCUT2D eigenvalue weighted by molar-refractivity contribution is 14.1. The number of hydrogen-bond donors (Lipinski definition) is 2. The number of rotatable bonds is 4. The third-order valence-electron chi connectivity index (χ3n) is 2.16. The van der Waals surface area contributed by atoms with Gasteiger partial charge in [-0.1, -0.05) is 0 Å². The zero-order valence-corrected chi connectivity index (χ0v) is 12.9. The number of ether oxygens (including phenoxy) is 1. The van der Waals surface area contributed by atoms with Gasteiger partial charge in [0.2, 0.25) is 6.10 Å². The van der Waals surface area contributed by atoms with Crippen LogP contribution in [-0.4, -0.2) is 42.1 Å². The van der Waals surface area contributed by atoms with Gasteiger partial charge in [0.05, 0.1) is 0 Å². The Labute approximate surface area is 130 Å². The fourth-order valence-corrected chi connectivity index (χ4v) is 2.37. The van der Waals surface area contributed by atoms with Gasteiger partial charge in [-0.05, 0) is 40.8 Å². The number of carbonyl (C=O) groups is 1. The summed E-state index contributed by atoms with van der Waals surface area (Å²) in [4.78, 5) is 11.6. The molecule has 0 aliphatic carbocycles. The second kappa shape index (κ2) is 6.36. The summed E-state index contributed by atoms with van der Waals surface area (Å²) in [6, 6.07) is 3.48. The lowest BCUT2D eigenvalue weighted by molar-refractivity contribution is -0.197. The van der Waals surface area contributed by atoms with E-state index >= 15 is 0 Å². The maximum absolute atomic E-state index is 12.6. The number of benzene rings is 1. The molecule has 1 rings (SSSR count). The van der Waals surface area contributed by atoms with E-state index in [1.807, 2.05) is 0 Å². The first-order valence-electron chi connectivity index (χ1n) is 5.11. The van der Waals surface area contributed by atoms with Crippen LogP contribution < -0.4 is 0 Å². The summed E-state index contributed by atoms with van der Waals surface area (Å²) in [5.74, 6) is -4.00. The number of esters is 1. The third kappa shape index (κ3) is 5.67.